The van der Waals surface area contributed by atoms with E-state index < -0.39 is 0 Å². The molecule has 2 fully saturated rings. The van der Waals surface area contributed by atoms with Gasteiger partial charge >= 0.3 is 0 Å². The number of carbonyl (C=O) groups is 2. The number of Topliss-reactive ketones (excluding diaryl/α,β-unsaturated/α-hetero) is 1. The smallest absolute Gasteiger partial charge is 0.239 e. The number of benzene rings is 1. The highest BCUT2D eigenvalue weighted by Gasteiger charge is 2.31. The van der Waals surface area contributed by atoms with E-state index in [9.17, 15) is 9.59 Å². The molecule has 1 N–H and O–H groups in total. The Morgan fingerprint density at radius 2 is 1.74 bits per heavy atom. The second-order valence-corrected chi connectivity index (χ2v) is 6.91. The molecule has 1 atom stereocenters. The van der Waals surface area contributed by atoms with E-state index in [1.807, 2.05) is 4.90 Å². The molecule has 0 radical (unpaired) electrons. The van der Waals surface area contributed by atoms with Crippen molar-refractivity contribution in [3.63, 3.8) is 0 Å². The predicted molar refractivity (Wildman–Crippen MR) is 90.7 cm³/mol. The van der Waals surface area contributed by atoms with Crippen LogP contribution in [0.25, 0.3) is 0 Å². The van der Waals surface area contributed by atoms with Crippen molar-refractivity contribution in [1.29, 1.82) is 0 Å². The molecule has 2 saturated heterocycles. The second-order valence-electron chi connectivity index (χ2n) is 6.47. The summed E-state index contributed by atoms with van der Waals surface area (Å²) in [5.74, 6) is 0.395. The van der Waals surface area contributed by atoms with Crippen LogP contribution in [-0.2, 0) is 4.79 Å². The largest absolute Gasteiger partial charge is 0.341 e. The Bertz CT molecular complexity index is 559. The van der Waals surface area contributed by atoms with E-state index in [0.717, 1.165) is 38.6 Å². The maximum Gasteiger partial charge on any atom is 0.239 e. The van der Waals surface area contributed by atoms with Crippen molar-refractivity contribution >= 4 is 23.3 Å². The number of hydrogen-bond donors (Lipinski definition) is 1. The summed E-state index contributed by atoms with van der Waals surface area (Å²) in [6.07, 6.45) is 4.71. The fourth-order valence-electron chi connectivity index (χ4n) is 3.49. The van der Waals surface area contributed by atoms with Gasteiger partial charge in [-0.2, -0.15) is 0 Å². The molecule has 1 aromatic rings. The maximum atomic E-state index is 12.5. The highest BCUT2D eigenvalue weighted by molar-refractivity contribution is 6.30. The number of halogens is 1. The van der Waals surface area contributed by atoms with E-state index in [-0.39, 0.29) is 23.7 Å². The molecular weight excluding hydrogens is 312 g/mol. The van der Waals surface area contributed by atoms with Gasteiger partial charge in [-0.1, -0.05) is 18.0 Å². The number of carbonyl (C=O) groups excluding carboxylic acids is 2. The van der Waals surface area contributed by atoms with Crippen molar-refractivity contribution in [3.05, 3.63) is 34.9 Å². The molecule has 124 valence electrons. The molecule has 2 aliphatic heterocycles. The van der Waals surface area contributed by atoms with E-state index >= 15 is 0 Å². The van der Waals surface area contributed by atoms with Crippen molar-refractivity contribution in [2.24, 2.45) is 5.92 Å². The quantitative estimate of drug-likeness (QED) is 0.865. The SMILES string of the molecule is O=C(c1ccc(Cl)cc1)C1CCN(C(=O)C2CCCCN2)CC1. The van der Waals surface area contributed by atoms with Gasteiger partial charge in [0.2, 0.25) is 5.91 Å². The van der Waals surface area contributed by atoms with Crippen LogP contribution < -0.4 is 5.32 Å². The molecule has 23 heavy (non-hydrogen) atoms. The maximum absolute atomic E-state index is 12.5. The van der Waals surface area contributed by atoms with Gasteiger partial charge in [-0.25, -0.2) is 0 Å². The molecule has 0 aliphatic carbocycles. The molecule has 0 bridgehead atoms. The first kappa shape index (κ1) is 16.5. The van der Waals surface area contributed by atoms with Crippen LogP contribution in [0.2, 0.25) is 5.02 Å². The molecule has 0 spiro atoms. The lowest BCUT2D eigenvalue weighted by Crippen LogP contribution is -2.51. The Balaban J connectivity index is 1.54. The lowest BCUT2D eigenvalue weighted by molar-refractivity contribution is -0.135. The topological polar surface area (TPSA) is 49.4 Å². The minimum atomic E-state index is -0.0210. The Kier molecular flexibility index (Phi) is 5.34. The normalized spacial score (nSPS) is 22.8. The molecule has 1 amide bonds. The number of hydrogen-bond acceptors (Lipinski definition) is 3. The molecule has 1 aromatic carbocycles. The zero-order valence-electron chi connectivity index (χ0n) is 13.3. The summed E-state index contributed by atoms with van der Waals surface area (Å²) < 4.78 is 0. The van der Waals surface area contributed by atoms with Crippen molar-refractivity contribution in [2.75, 3.05) is 19.6 Å². The number of nitrogens with one attached hydrogen (secondary N) is 1. The minimum Gasteiger partial charge on any atom is -0.341 e. The van der Waals surface area contributed by atoms with E-state index in [0.29, 0.717) is 23.7 Å². The van der Waals surface area contributed by atoms with Crippen LogP contribution >= 0.6 is 11.6 Å². The summed E-state index contributed by atoms with van der Waals surface area (Å²) in [5.41, 5.74) is 0.716. The van der Waals surface area contributed by atoms with E-state index in [1.165, 1.54) is 0 Å². The summed E-state index contributed by atoms with van der Waals surface area (Å²) in [4.78, 5) is 27.0. The first-order valence-electron chi connectivity index (χ1n) is 8.47. The fourth-order valence-corrected chi connectivity index (χ4v) is 3.62. The summed E-state index contributed by atoms with van der Waals surface area (Å²) in [7, 11) is 0. The van der Waals surface area contributed by atoms with Gasteiger partial charge in [-0.15, -0.1) is 0 Å². The van der Waals surface area contributed by atoms with Crippen molar-refractivity contribution in [3.8, 4) is 0 Å². The molecule has 0 saturated carbocycles. The van der Waals surface area contributed by atoms with Gasteiger partial charge in [-0.3, -0.25) is 9.59 Å². The van der Waals surface area contributed by atoms with Crippen LogP contribution in [0.1, 0.15) is 42.5 Å². The average molecular weight is 335 g/mol. The van der Waals surface area contributed by atoms with Gasteiger partial charge in [0, 0.05) is 29.6 Å². The summed E-state index contributed by atoms with van der Waals surface area (Å²) in [6.45, 7) is 2.30. The molecule has 2 aliphatic rings. The average Bonchev–Trinajstić information content (AvgIpc) is 2.62. The number of ketones is 1. The Morgan fingerprint density at radius 3 is 2.35 bits per heavy atom. The molecule has 4 nitrogen and oxygen atoms in total. The van der Waals surface area contributed by atoms with Crippen LogP contribution in [0.3, 0.4) is 0 Å². The number of likely N-dealkylation sites (tertiary alicyclic amines) is 1. The lowest BCUT2D eigenvalue weighted by atomic mass is 9.88. The van der Waals surface area contributed by atoms with Gasteiger partial charge < -0.3 is 10.2 Å². The Labute approximate surface area is 142 Å². The molecule has 3 rings (SSSR count). The molecule has 2 heterocycles. The van der Waals surface area contributed by atoms with Crippen molar-refractivity contribution in [2.45, 2.75) is 38.1 Å². The number of amides is 1. The van der Waals surface area contributed by atoms with Gasteiger partial charge in [0.15, 0.2) is 5.78 Å². The van der Waals surface area contributed by atoms with Crippen molar-refractivity contribution < 1.29 is 9.59 Å². The van der Waals surface area contributed by atoms with E-state index in [4.69, 9.17) is 11.6 Å². The predicted octanol–water partition coefficient (Wildman–Crippen LogP) is 2.90. The number of piperidine rings is 2. The second kappa shape index (κ2) is 7.45. The minimum absolute atomic E-state index is 0.0135. The Hall–Kier alpha value is -1.39. The van der Waals surface area contributed by atoms with Crippen LogP contribution in [0.4, 0.5) is 0 Å². The molecule has 5 heteroatoms. The highest BCUT2D eigenvalue weighted by atomic mass is 35.5. The monoisotopic (exact) mass is 334 g/mol. The molecular formula is C18H23ClN2O2. The lowest BCUT2D eigenvalue weighted by Gasteiger charge is -2.35. The third-order valence-corrected chi connectivity index (χ3v) is 5.17. The van der Waals surface area contributed by atoms with E-state index in [1.54, 1.807) is 24.3 Å². The molecule has 1 unspecified atom stereocenters. The van der Waals surface area contributed by atoms with Gasteiger partial charge in [0.1, 0.15) is 0 Å². The van der Waals surface area contributed by atoms with Crippen LogP contribution in [0.5, 0.6) is 0 Å². The van der Waals surface area contributed by atoms with Crippen LogP contribution in [0, 0.1) is 5.92 Å². The van der Waals surface area contributed by atoms with Crippen LogP contribution in [0.15, 0.2) is 24.3 Å². The summed E-state index contributed by atoms with van der Waals surface area (Å²) >= 11 is 5.87. The standard InChI is InChI=1S/C18H23ClN2O2/c19-15-6-4-13(5-7-15)17(22)14-8-11-21(12-9-14)18(23)16-3-1-2-10-20-16/h4-7,14,16,20H,1-3,8-12H2. The van der Waals surface area contributed by atoms with E-state index in [2.05, 4.69) is 5.32 Å². The molecule has 0 aromatic heterocycles. The first-order chi connectivity index (χ1) is 11.1. The first-order valence-corrected chi connectivity index (χ1v) is 8.85. The third kappa shape index (κ3) is 3.93. The fraction of sp³-hybridized carbons (Fsp3) is 0.556. The van der Waals surface area contributed by atoms with Gasteiger partial charge in [0.05, 0.1) is 6.04 Å². The number of rotatable bonds is 3. The van der Waals surface area contributed by atoms with Crippen LogP contribution in [-0.4, -0.2) is 42.3 Å². The third-order valence-electron chi connectivity index (χ3n) is 4.91. The summed E-state index contributed by atoms with van der Waals surface area (Å²) in [6, 6.07) is 7.06. The summed E-state index contributed by atoms with van der Waals surface area (Å²) in [5, 5.41) is 3.95. The van der Waals surface area contributed by atoms with Crippen molar-refractivity contribution in [1.82, 2.24) is 10.2 Å². The highest BCUT2D eigenvalue weighted by Crippen LogP contribution is 2.24. The van der Waals surface area contributed by atoms with Gasteiger partial charge in [0.25, 0.3) is 0 Å². The Morgan fingerprint density at radius 1 is 1.04 bits per heavy atom. The number of nitrogens with zero attached hydrogens (tertiary/aromatic N) is 1. The zero-order chi connectivity index (χ0) is 16.2. The van der Waals surface area contributed by atoms with Gasteiger partial charge in [-0.05, 0) is 56.5 Å². The zero-order valence-corrected chi connectivity index (χ0v) is 14.0.